The molecule has 0 bridgehead atoms. The monoisotopic (exact) mass is 404 g/mol. The third-order valence-electron chi connectivity index (χ3n) is 5.14. The van der Waals surface area contributed by atoms with Crippen molar-refractivity contribution in [2.75, 3.05) is 29.5 Å². The molecule has 1 aromatic carbocycles. The highest BCUT2D eigenvalue weighted by molar-refractivity contribution is 5.90. The number of carbonyl (C=O) groups excluding carboxylic acids is 1. The van der Waals surface area contributed by atoms with Crippen molar-refractivity contribution in [3.8, 4) is 0 Å². The van der Waals surface area contributed by atoms with Crippen LogP contribution in [-0.2, 0) is 23.9 Å². The number of alkyl halides is 3. The normalized spacial score (nSPS) is 17.0. The summed E-state index contributed by atoms with van der Waals surface area (Å²) in [6.45, 7) is 1.67. The van der Waals surface area contributed by atoms with Crippen LogP contribution in [0, 0.1) is 0 Å². The second-order valence-electron chi connectivity index (χ2n) is 6.82. The standard InChI is InChI=1S/C18H15F3N6O2/c19-18(20,21)14-8-15(27-16(24-14)22-10-23-27)25-5-4-12-11(9-25)2-1-3-13(12)26-6-7-29-17(26)28/h1-3,8,10H,4-7,9H2. The van der Waals surface area contributed by atoms with Crippen LogP contribution < -0.4 is 9.80 Å². The van der Waals surface area contributed by atoms with Crippen molar-refractivity contribution < 1.29 is 22.7 Å². The number of halogens is 3. The molecule has 0 spiro atoms. The third-order valence-corrected chi connectivity index (χ3v) is 5.14. The van der Waals surface area contributed by atoms with Gasteiger partial charge in [0.2, 0.25) is 0 Å². The van der Waals surface area contributed by atoms with E-state index in [1.807, 2.05) is 23.1 Å². The molecule has 2 aliphatic rings. The van der Waals surface area contributed by atoms with Gasteiger partial charge in [-0.1, -0.05) is 12.1 Å². The van der Waals surface area contributed by atoms with E-state index >= 15 is 0 Å². The van der Waals surface area contributed by atoms with Gasteiger partial charge in [-0.05, 0) is 23.6 Å². The SMILES string of the molecule is O=C1OCCN1c1cccc2c1CCN(c1cc(C(F)(F)F)nc3ncnn13)C2. The van der Waals surface area contributed by atoms with Crippen molar-refractivity contribution in [2.45, 2.75) is 19.1 Å². The van der Waals surface area contributed by atoms with Crippen LogP contribution in [0.2, 0.25) is 0 Å². The minimum atomic E-state index is -4.58. The van der Waals surface area contributed by atoms with Crippen molar-refractivity contribution in [2.24, 2.45) is 0 Å². The molecule has 29 heavy (non-hydrogen) atoms. The summed E-state index contributed by atoms with van der Waals surface area (Å²) in [5.74, 6) is 0.172. The zero-order chi connectivity index (χ0) is 20.2. The number of amides is 1. The Labute approximate surface area is 162 Å². The molecule has 11 heteroatoms. The summed E-state index contributed by atoms with van der Waals surface area (Å²) in [5.41, 5.74) is 1.73. The maximum absolute atomic E-state index is 13.3. The maximum Gasteiger partial charge on any atom is 0.433 e. The van der Waals surface area contributed by atoms with E-state index in [4.69, 9.17) is 4.74 Å². The Kier molecular flexibility index (Phi) is 3.86. The third kappa shape index (κ3) is 2.93. The number of cyclic esters (lactones) is 1. The van der Waals surface area contributed by atoms with Gasteiger partial charge in [0.25, 0.3) is 5.78 Å². The molecule has 150 valence electrons. The summed E-state index contributed by atoms with van der Waals surface area (Å²) in [6, 6.07) is 6.61. The number of rotatable bonds is 2. The first-order chi connectivity index (χ1) is 13.9. The molecule has 1 saturated heterocycles. The maximum atomic E-state index is 13.3. The Morgan fingerprint density at radius 1 is 1.17 bits per heavy atom. The van der Waals surface area contributed by atoms with Crippen molar-refractivity contribution in [1.82, 2.24) is 19.6 Å². The van der Waals surface area contributed by atoms with Gasteiger partial charge in [0.05, 0.1) is 12.2 Å². The fraction of sp³-hybridized carbons (Fsp3) is 0.333. The fourth-order valence-corrected chi connectivity index (χ4v) is 3.82. The molecule has 0 aliphatic carbocycles. The second kappa shape index (κ2) is 6.33. The summed E-state index contributed by atoms with van der Waals surface area (Å²) in [4.78, 5) is 22.7. The van der Waals surface area contributed by atoms with Gasteiger partial charge in [0.15, 0.2) is 5.69 Å². The smallest absolute Gasteiger partial charge is 0.433 e. The number of benzene rings is 1. The van der Waals surface area contributed by atoms with E-state index in [9.17, 15) is 18.0 Å². The number of fused-ring (bicyclic) bond motifs is 2. The second-order valence-corrected chi connectivity index (χ2v) is 6.82. The largest absolute Gasteiger partial charge is 0.447 e. The number of anilines is 2. The lowest BCUT2D eigenvalue weighted by molar-refractivity contribution is -0.141. The van der Waals surface area contributed by atoms with Crippen molar-refractivity contribution in [3.05, 3.63) is 47.4 Å². The molecule has 1 fully saturated rings. The van der Waals surface area contributed by atoms with E-state index in [2.05, 4.69) is 15.1 Å². The molecule has 0 N–H and O–H groups in total. The van der Waals surface area contributed by atoms with E-state index in [1.165, 1.54) is 10.8 Å². The molecule has 2 aromatic heterocycles. The van der Waals surface area contributed by atoms with Crippen LogP contribution in [0.1, 0.15) is 16.8 Å². The average molecular weight is 404 g/mol. The van der Waals surface area contributed by atoms with Gasteiger partial charge in [-0.25, -0.2) is 9.78 Å². The molecular formula is C18H15F3N6O2. The summed E-state index contributed by atoms with van der Waals surface area (Å²) in [6.07, 6.45) is -3.22. The van der Waals surface area contributed by atoms with Gasteiger partial charge in [-0.15, -0.1) is 0 Å². The Morgan fingerprint density at radius 3 is 2.79 bits per heavy atom. The highest BCUT2D eigenvalue weighted by atomic mass is 19.4. The van der Waals surface area contributed by atoms with Crippen LogP contribution in [0.4, 0.5) is 29.5 Å². The number of aromatic nitrogens is 4. The highest BCUT2D eigenvalue weighted by Crippen LogP contribution is 2.34. The van der Waals surface area contributed by atoms with Crippen LogP contribution >= 0.6 is 0 Å². The van der Waals surface area contributed by atoms with Gasteiger partial charge in [-0.2, -0.15) is 27.8 Å². The molecule has 3 aromatic rings. The first-order valence-corrected chi connectivity index (χ1v) is 9.00. The summed E-state index contributed by atoms with van der Waals surface area (Å²) in [5, 5.41) is 4.03. The van der Waals surface area contributed by atoms with Crippen LogP contribution in [0.25, 0.3) is 5.78 Å². The van der Waals surface area contributed by atoms with E-state index in [0.717, 1.165) is 22.9 Å². The van der Waals surface area contributed by atoms with Crippen molar-refractivity contribution in [1.29, 1.82) is 0 Å². The molecule has 4 heterocycles. The summed E-state index contributed by atoms with van der Waals surface area (Å²) < 4.78 is 46.2. The molecular weight excluding hydrogens is 389 g/mol. The van der Waals surface area contributed by atoms with E-state index < -0.39 is 11.9 Å². The first kappa shape index (κ1) is 17.7. The molecule has 0 saturated carbocycles. The molecule has 2 aliphatic heterocycles. The Bertz CT molecular complexity index is 1110. The lowest BCUT2D eigenvalue weighted by Gasteiger charge is -2.32. The minimum absolute atomic E-state index is 0.103. The molecule has 5 rings (SSSR count). The van der Waals surface area contributed by atoms with Crippen LogP contribution in [0.15, 0.2) is 30.6 Å². The number of ether oxygens (including phenoxy) is 1. The molecule has 0 unspecified atom stereocenters. The summed E-state index contributed by atoms with van der Waals surface area (Å²) >= 11 is 0. The van der Waals surface area contributed by atoms with E-state index in [1.54, 1.807) is 4.90 Å². The van der Waals surface area contributed by atoms with E-state index in [0.29, 0.717) is 32.7 Å². The zero-order valence-electron chi connectivity index (χ0n) is 15.1. The summed E-state index contributed by atoms with van der Waals surface area (Å²) in [7, 11) is 0. The van der Waals surface area contributed by atoms with Gasteiger partial charge >= 0.3 is 12.3 Å². The van der Waals surface area contributed by atoms with Crippen LogP contribution in [-0.4, -0.2) is 45.4 Å². The number of hydrogen-bond donors (Lipinski definition) is 0. The predicted molar refractivity (Wildman–Crippen MR) is 95.7 cm³/mol. The molecule has 1 amide bonds. The van der Waals surface area contributed by atoms with Gasteiger partial charge < -0.3 is 9.64 Å². The van der Waals surface area contributed by atoms with Gasteiger partial charge in [0.1, 0.15) is 18.8 Å². The predicted octanol–water partition coefficient (Wildman–Crippen LogP) is 2.66. The quantitative estimate of drug-likeness (QED) is 0.654. The Morgan fingerprint density at radius 2 is 2.03 bits per heavy atom. The van der Waals surface area contributed by atoms with Gasteiger partial charge in [0, 0.05) is 19.2 Å². The van der Waals surface area contributed by atoms with E-state index in [-0.39, 0.29) is 17.7 Å². The van der Waals surface area contributed by atoms with Crippen LogP contribution in [0.3, 0.4) is 0 Å². The highest BCUT2D eigenvalue weighted by Gasteiger charge is 2.35. The lowest BCUT2D eigenvalue weighted by Crippen LogP contribution is -2.34. The molecule has 0 atom stereocenters. The molecule has 8 nitrogen and oxygen atoms in total. The fourth-order valence-electron chi connectivity index (χ4n) is 3.82. The van der Waals surface area contributed by atoms with Crippen molar-refractivity contribution >= 4 is 23.4 Å². The first-order valence-electron chi connectivity index (χ1n) is 9.00. The molecule has 0 radical (unpaired) electrons. The van der Waals surface area contributed by atoms with Crippen molar-refractivity contribution in [3.63, 3.8) is 0 Å². The number of hydrogen-bond acceptors (Lipinski definition) is 6. The number of nitrogens with zero attached hydrogens (tertiary/aromatic N) is 6. The van der Waals surface area contributed by atoms with Crippen LogP contribution in [0.5, 0.6) is 0 Å². The number of carbonyl (C=O) groups is 1. The Hall–Kier alpha value is -3.37. The zero-order valence-corrected chi connectivity index (χ0v) is 15.1. The Balaban J connectivity index is 1.54. The average Bonchev–Trinajstić information content (AvgIpc) is 3.34. The van der Waals surface area contributed by atoms with Gasteiger partial charge in [-0.3, -0.25) is 4.90 Å². The topological polar surface area (TPSA) is 75.9 Å². The minimum Gasteiger partial charge on any atom is -0.447 e. The lowest BCUT2D eigenvalue weighted by atomic mass is 9.97.